The Hall–Kier alpha value is -0.450. The Morgan fingerprint density at radius 3 is 2.74 bits per heavy atom. The molecule has 2 unspecified atom stereocenters. The van der Waals surface area contributed by atoms with Gasteiger partial charge in [0.05, 0.1) is 12.2 Å². The van der Waals surface area contributed by atoms with Crippen LogP contribution in [0, 0.1) is 5.92 Å². The van der Waals surface area contributed by atoms with Gasteiger partial charge in [0.25, 0.3) is 0 Å². The molecule has 2 rings (SSSR count). The fourth-order valence-corrected chi connectivity index (χ4v) is 3.18. The zero-order valence-corrected chi connectivity index (χ0v) is 12.3. The number of hydrogen-bond donors (Lipinski definition) is 0. The van der Waals surface area contributed by atoms with E-state index in [9.17, 15) is 4.79 Å². The molecule has 2 saturated heterocycles. The Balaban J connectivity index is 1.81. The van der Waals surface area contributed by atoms with Crippen LogP contribution >= 0.6 is 0 Å². The van der Waals surface area contributed by atoms with Crippen LogP contribution in [0.4, 0.5) is 0 Å². The number of hydrogen-bond acceptors (Lipinski definition) is 4. The summed E-state index contributed by atoms with van der Waals surface area (Å²) in [5.41, 5.74) is -0.145. The van der Waals surface area contributed by atoms with Gasteiger partial charge in [-0.15, -0.1) is 0 Å². The highest BCUT2D eigenvalue weighted by Crippen LogP contribution is 2.36. The van der Waals surface area contributed by atoms with Gasteiger partial charge in [-0.1, -0.05) is 13.8 Å². The molecule has 0 amide bonds. The molecule has 1 spiro atoms. The Morgan fingerprint density at radius 1 is 1.32 bits per heavy atom. The summed E-state index contributed by atoms with van der Waals surface area (Å²) in [5, 5.41) is 0. The molecule has 2 aliphatic heterocycles. The fourth-order valence-electron chi connectivity index (χ4n) is 3.18. The van der Waals surface area contributed by atoms with Crippen LogP contribution in [0.1, 0.15) is 39.5 Å². The van der Waals surface area contributed by atoms with E-state index in [2.05, 4.69) is 18.7 Å². The summed E-state index contributed by atoms with van der Waals surface area (Å²) in [6, 6.07) is 0. The predicted octanol–water partition coefficient (Wildman–Crippen LogP) is 1.87. The van der Waals surface area contributed by atoms with Crippen molar-refractivity contribution in [1.82, 2.24) is 4.90 Å². The molecular formula is C15H27NO3. The number of nitrogens with zero attached hydrogens (tertiary/aromatic N) is 1. The maximum Gasteiger partial charge on any atom is 0.137 e. The zero-order valence-electron chi connectivity index (χ0n) is 12.3. The third-order valence-electron chi connectivity index (χ3n) is 4.58. The molecule has 0 bridgehead atoms. The highest BCUT2D eigenvalue weighted by molar-refractivity contribution is 5.81. The minimum Gasteiger partial charge on any atom is -0.378 e. The average Bonchev–Trinajstić information content (AvgIpc) is 2.87. The van der Waals surface area contributed by atoms with E-state index in [1.54, 1.807) is 0 Å². The Kier molecular flexibility index (Phi) is 5.37. The number of rotatable bonds is 6. The second-order valence-electron chi connectivity index (χ2n) is 5.77. The standard InChI is InChI=1S/C15H27NO3/c1-3-16(4-2)8-5-14(17)13-6-9-19-15(11-13)7-10-18-12-15/h13H,3-12H2,1-2H3. The smallest absolute Gasteiger partial charge is 0.137 e. The minimum absolute atomic E-state index is 0.145. The van der Waals surface area contributed by atoms with Gasteiger partial charge in [0.15, 0.2) is 0 Å². The van der Waals surface area contributed by atoms with E-state index in [0.717, 1.165) is 45.5 Å². The van der Waals surface area contributed by atoms with Gasteiger partial charge >= 0.3 is 0 Å². The number of ether oxygens (including phenoxy) is 2. The van der Waals surface area contributed by atoms with Crippen molar-refractivity contribution in [2.45, 2.75) is 45.1 Å². The van der Waals surface area contributed by atoms with Crippen LogP contribution in [0.5, 0.6) is 0 Å². The maximum atomic E-state index is 12.4. The van der Waals surface area contributed by atoms with Crippen LogP contribution in [0.25, 0.3) is 0 Å². The fraction of sp³-hybridized carbons (Fsp3) is 0.933. The summed E-state index contributed by atoms with van der Waals surface area (Å²) in [5.74, 6) is 0.604. The van der Waals surface area contributed by atoms with Gasteiger partial charge in [-0.25, -0.2) is 0 Å². The number of carbonyl (C=O) groups is 1. The second kappa shape index (κ2) is 6.82. The van der Waals surface area contributed by atoms with E-state index in [4.69, 9.17) is 9.47 Å². The lowest BCUT2D eigenvalue weighted by Crippen LogP contribution is -2.42. The summed E-state index contributed by atoms with van der Waals surface area (Å²) in [6.45, 7) is 9.40. The molecular weight excluding hydrogens is 242 g/mol. The lowest BCUT2D eigenvalue weighted by atomic mass is 9.82. The normalized spacial score (nSPS) is 31.2. The van der Waals surface area contributed by atoms with Gasteiger partial charge in [0.2, 0.25) is 0 Å². The van der Waals surface area contributed by atoms with Gasteiger partial charge in [-0.05, 0) is 25.9 Å². The van der Waals surface area contributed by atoms with Crippen LogP contribution in [0.2, 0.25) is 0 Å². The average molecular weight is 269 g/mol. The molecule has 0 saturated carbocycles. The third-order valence-corrected chi connectivity index (χ3v) is 4.58. The summed E-state index contributed by atoms with van der Waals surface area (Å²) < 4.78 is 11.3. The summed E-state index contributed by atoms with van der Waals surface area (Å²) in [6.07, 6.45) is 3.39. The van der Waals surface area contributed by atoms with Crippen LogP contribution in [0.15, 0.2) is 0 Å². The van der Waals surface area contributed by atoms with Crippen LogP contribution in [-0.2, 0) is 14.3 Å². The first-order chi connectivity index (χ1) is 9.19. The van der Waals surface area contributed by atoms with Crippen molar-refractivity contribution in [2.24, 2.45) is 5.92 Å². The topological polar surface area (TPSA) is 38.8 Å². The largest absolute Gasteiger partial charge is 0.378 e. The van der Waals surface area contributed by atoms with Crippen molar-refractivity contribution < 1.29 is 14.3 Å². The van der Waals surface area contributed by atoms with E-state index < -0.39 is 0 Å². The number of carbonyl (C=O) groups excluding carboxylic acids is 1. The first kappa shape index (κ1) is 14.9. The quantitative estimate of drug-likeness (QED) is 0.738. The molecule has 2 fully saturated rings. The molecule has 0 aromatic rings. The van der Waals surface area contributed by atoms with Crippen molar-refractivity contribution in [1.29, 1.82) is 0 Å². The lowest BCUT2D eigenvalue weighted by molar-refractivity contribution is -0.137. The highest BCUT2D eigenvalue weighted by Gasteiger charge is 2.42. The summed E-state index contributed by atoms with van der Waals surface area (Å²) in [4.78, 5) is 14.7. The van der Waals surface area contributed by atoms with Crippen LogP contribution in [0.3, 0.4) is 0 Å². The van der Waals surface area contributed by atoms with E-state index in [1.165, 1.54) is 0 Å². The predicted molar refractivity (Wildman–Crippen MR) is 74.3 cm³/mol. The van der Waals surface area contributed by atoms with Crippen molar-refractivity contribution in [3.05, 3.63) is 0 Å². The molecule has 2 heterocycles. The number of Topliss-reactive ketones (excluding diaryl/α,β-unsaturated/α-hetero) is 1. The molecule has 0 aromatic carbocycles. The van der Waals surface area contributed by atoms with E-state index >= 15 is 0 Å². The highest BCUT2D eigenvalue weighted by atomic mass is 16.6. The van der Waals surface area contributed by atoms with Gasteiger partial charge in [-0.2, -0.15) is 0 Å². The summed E-state index contributed by atoms with van der Waals surface area (Å²) in [7, 11) is 0. The van der Waals surface area contributed by atoms with Crippen molar-refractivity contribution in [3.63, 3.8) is 0 Å². The molecule has 4 nitrogen and oxygen atoms in total. The van der Waals surface area contributed by atoms with Gasteiger partial charge in [0, 0.05) is 38.5 Å². The molecule has 4 heteroatoms. The van der Waals surface area contributed by atoms with E-state index in [-0.39, 0.29) is 11.5 Å². The van der Waals surface area contributed by atoms with Crippen molar-refractivity contribution >= 4 is 5.78 Å². The summed E-state index contributed by atoms with van der Waals surface area (Å²) >= 11 is 0. The van der Waals surface area contributed by atoms with E-state index in [0.29, 0.717) is 25.4 Å². The minimum atomic E-state index is -0.145. The van der Waals surface area contributed by atoms with Crippen LogP contribution in [-0.4, -0.2) is 55.7 Å². The third kappa shape index (κ3) is 3.77. The molecule has 2 atom stereocenters. The van der Waals surface area contributed by atoms with Gasteiger partial charge in [0.1, 0.15) is 5.78 Å². The Morgan fingerprint density at radius 2 is 2.11 bits per heavy atom. The molecule has 2 aliphatic rings. The SMILES string of the molecule is CCN(CC)CCC(=O)C1CCOC2(CCOC2)C1. The molecule has 0 aliphatic carbocycles. The van der Waals surface area contributed by atoms with Crippen LogP contribution < -0.4 is 0 Å². The maximum absolute atomic E-state index is 12.4. The Labute approximate surface area is 116 Å². The lowest BCUT2D eigenvalue weighted by Gasteiger charge is -2.36. The van der Waals surface area contributed by atoms with Gasteiger partial charge < -0.3 is 14.4 Å². The zero-order chi connectivity index (χ0) is 13.7. The first-order valence-corrected chi connectivity index (χ1v) is 7.66. The number of ketones is 1. The monoisotopic (exact) mass is 269 g/mol. The van der Waals surface area contributed by atoms with Gasteiger partial charge in [-0.3, -0.25) is 4.79 Å². The molecule has 19 heavy (non-hydrogen) atoms. The molecule has 110 valence electrons. The van der Waals surface area contributed by atoms with Crippen molar-refractivity contribution in [2.75, 3.05) is 39.5 Å². The second-order valence-corrected chi connectivity index (χ2v) is 5.77. The molecule has 0 N–H and O–H groups in total. The van der Waals surface area contributed by atoms with Crippen molar-refractivity contribution in [3.8, 4) is 0 Å². The Bertz CT molecular complexity index is 296. The first-order valence-electron chi connectivity index (χ1n) is 7.66. The molecule has 0 aromatic heterocycles. The van der Waals surface area contributed by atoms with E-state index in [1.807, 2.05) is 0 Å². The molecule has 0 radical (unpaired) electrons.